The number of hydrogen-bond donors (Lipinski definition) is 1. The second kappa shape index (κ2) is 5.57. The third-order valence-electron chi connectivity index (χ3n) is 3.35. The molecule has 1 aromatic carbocycles. The van der Waals surface area contributed by atoms with Gasteiger partial charge >= 0.3 is 0 Å². The molecule has 1 N–H and O–H groups in total. The monoisotopic (exact) mass is 307 g/mol. The average molecular weight is 307 g/mol. The Kier molecular flexibility index (Phi) is 3.29. The maximum absolute atomic E-state index is 4.56. The summed E-state index contributed by atoms with van der Waals surface area (Å²) in [6, 6.07) is 16.2. The van der Waals surface area contributed by atoms with Gasteiger partial charge in [0.25, 0.3) is 5.78 Å². The molecule has 0 aliphatic rings. The number of thiophene rings is 1. The molecule has 0 radical (unpaired) electrons. The van der Waals surface area contributed by atoms with E-state index in [9.17, 15) is 0 Å². The molecule has 5 nitrogen and oxygen atoms in total. The molecular weight excluding hydrogens is 294 g/mol. The van der Waals surface area contributed by atoms with Crippen molar-refractivity contribution in [3.05, 3.63) is 65.1 Å². The van der Waals surface area contributed by atoms with Crippen LogP contribution in [0.4, 0.5) is 5.82 Å². The van der Waals surface area contributed by atoms with Crippen molar-refractivity contribution < 1.29 is 0 Å². The average Bonchev–Trinajstić information content (AvgIpc) is 3.24. The third-order valence-corrected chi connectivity index (χ3v) is 4.22. The smallest absolute Gasteiger partial charge is 0.254 e. The maximum Gasteiger partial charge on any atom is 0.254 e. The van der Waals surface area contributed by atoms with E-state index in [0.29, 0.717) is 5.78 Å². The Morgan fingerprint density at radius 2 is 2.00 bits per heavy atom. The van der Waals surface area contributed by atoms with Crippen LogP contribution in [-0.2, 0) is 6.54 Å². The zero-order valence-corrected chi connectivity index (χ0v) is 12.5. The van der Waals surface area contributed by atoms with E-state index in [1.807, 2.05) is 36.4 Å². The minimum atomic E-state index is 0.593. The summed E-state index contributed by atoms with van der Waals surface area (Å²) in [4.78, 5) is 10.0. The second-order valence-corrected chi connectivity index (χ2v) is 5.83. The summed E-state index contributed by atoms with van der Waals surface area (Å²) >= 11 is 1.73. The number of aromatic nitrogens is 4. The van der Waals surface area contributed by atoms with Gasteiger partial charge in [-0.2, -0.15) is 14.6 Å². The number of benzene rings is 1. The molecule has 0 spiro atoms. The van der Waals surface area contributed by atoms with E-state index in [1.165, 1.54) is 11.2 Å². The van der Waals surface area contributed by atoms with Gasteiger partial charge in [-0.25, -0.2) is 4.98 Å². The van der Waals surface area contributed by atoms with Crippen LogP contribution in [0.5, 0.6) is 0 Å². The number of nitrogens with one attached hydrogen (secondary N) is 1. The van der Waals surface area contributed by atoms with Crippen LogP contribution in [0.3, 0.4) is 0 Å². The van der Waals surface area contributed by atoms with E-state index in [1.54, 1.807) is 15.9 Å². The first-order valence-corrected chi connectivity index (χ1v) is 7.80. The van der Waals surface area contributed by atoms with Gasteiger partial charge in [-0.3, -0.25) is 0 Å². The van der Waals surface area contributed by atoms with E-state index < -0.39 is 0 Å². The van der Waals surface area contributed by atoms with Crippen LogP contribution in [0.1, 0.15) is 4.88 Å². The summed E-state index contributed by atoms with van der Waals surface area (Å²) in [5.41, 5.74) is 1.95. The fourth-order valence-electron chi connectivity index (χ4n) is 2.29. The Bertz CT molecular complexity index is 883. The van der Waals surface area contributed by atoms with Crippen LogP contribution in [0.15, 0.2) is 60.2 Å². The largest absolute Gasteiger partial charge is 0.365 e. The van der Waals surface area contributed by atoms with Crippen LogP contribution >= 0.6 is 11.3 Å². The van der Waals surface area contributed by atoms with Crippen molar-refractivity contribution in [1.82, 2.24) is 19.6 Å². The molecule has 0 fully saturated rings. The number of anilines is 1. The summed E-state index contributed by atoms with van der Waals surface area (Å²) in [6.45, 7) is 0.755. The second-order valence-electron chi connectivity index (χ2n) is 4.80. The molecule has 4 rings (SSSR count). The number of hydrogen-bond acceptors (Lipinski definition) is 5. The van der Waals surface area contributed by atoms with Gasteiger partial charge < -0.3 is 5.32 Å². The minimum absolute atomic E-state index is 0.593. The lowest BCUT2D eigenvalue weighted by atomic mass is 10.1. The highest BCUT2D eigenvalue weighted by Crippen LogP contribution is 2.22. The van der Waals surface area contributed by atoms with Gasteiger partial charge in [-0.15, -0.1) is 11.3 Å². The van der Waals surface area contributed by atoms with E-state index in [0.717, 1.165) is 23.6 Å². The highest BCUT2D eigenvalue weighted by atomic mass is 32.1. The Morgan fingerprint density at radius 3 is 2.82 bits per heavy atom. The maximum atomic E-state index is 4.56. The first-order valence-electron chi connectivity index (χ1n) is 6.92. The van der Waals surface area contributed by atoms with E-state index >= 15 is 0 Å². The zero-order valence-electron chi connectivity index (χ0n) is 11.7. The molecule has 4 aromatic rings. The fourth-order valence-corrected chi connectivity index (χ4v) is 2.93. The van der Waals surface area contributed by atoms with Gasteiger partial charge in [0.1, 0.15) is 12.1 Å². The molecule has 0 unspecified atom stereocenters. The van der Waals surface area contributed by atoms with Gasteiger partial charge in [0.2, 0.25) is 0 Å². The number of nitrogens with zero attached hydrogens (tertiary/aromatic N) is 4. The predicted molar refractivity (Wildman–Crippen MR) is 87.9 cm³/mol. The SMILES string of the molecule is c1ccc(-c2cc(NCc3cccs3)n3ncnc3n2)cc1. The van der Waals surface area contributed by atoms with Crippen LogP contribution in [0.25, 0.3) is 17.0 Å². The van der Waals surface area contributed by atoms with Gasteiger partial charge in [0.05, 0.1) is 12.2 Å². The van der Waals surface area contributed by atoms with E-state index in [2.05, 4.69) is 37.9 Å². The quantitative estimate of drug-likeness (QED) is 0.627. The summed E-state index contributed by atoms with van der Waals surface area (Å²) in [7, 11) is 0. The standard InChI is InChI=1S/C16H13N5S/c1-2-5-12(6-3-1)14-9-15(17-10-13-7-4-8-22-13)21-16(20-14)18-11-19-21/h1-9,11,17H,10H2. The topological polar surface area (TPSA) is 55.1 Å². The molecule has 6 heteroatoms. The van der Waals surface area contributed by atoms with Gasteiger partial charge in [-0.1, -0.05) is 36.4 Å². The zero-order chi connectivity index (χ0) is 14.8. The summed E-state index contributed by atoms with van der Waals surface area (Å²) < 4.78 is 1.72. The normalized spacial score (nSPS) is 10.9. The van der Waals surface area contributed by atoms with Crippen molar-refractivity contribution in [2.45, 2.75) is 6.54 Å². The molecule has 0 bridgehead atoms. The Hall–Kier alpha value is -2.73. The Labute approximate surface area is 131 Å². The van der Waals surface area contributed by atoms with Crippen molar-refractivity contribution >= 4 is 22.9 Å². The van der Waals surface area contributed by atoms with Crippen molar-refractivity contribution in [3.63, 3.8) is 0 Å². The predicted octanol–water partition coefficient (Wildman–Crippen LogP) is 3.46. The van der Waals surface area contributed by atoms with Crippen LogP contribution in [-0.4, -0.2) is 19.6 Å². The minimum Gasteiger partial charge on any atom is -0.365 e. The summed E-state index contributed by atoms with van der Waals surface area (Å²) in [6.07, 6.45) is 1.52. The summed E-state index contributed by atoms with van der Waals surface area (Å²) in [5, 5.41) is 9.73. The molecule has 0 atom stereocenters. The highest BCUT2D eigenvalue weighted by Gasteiger charge is 2.09. The van der Waals surface area contributed by atoms with Crippen LogP contribution in [0, 0.1) is 0 Å². The molecule has 0 saturated carbocycles. The van der Waals surface area contributed by atoms with Gasteiger partial charge in [0.15, 0.2) is 0 Å². The molecule has 108 valence electrons. The first-order chi connectivity index (χ1) is 10.9. The molecule has 0 saturated heterocycles. The fraction of sp³-hybridized carbons (Fsp3) is 0.0625. The lowest BCUT2D eigenvalue weighted by Gasteiger charge is -2.09. The van der Waals surface area contributed by atoms with Crippen LogP contribution in [0.2, 0.25) is 0 Å². The van der Waals surface area contributed by atoms with E-state index in [4.69, 9.17) is 0 Å². The molecule has 3 aromatic heterocycles. The number of rotatable bonds is 4. The van der Waals surface area contributed by atoms with Crippen molar-refractivity contribution in [2.75, 3.05) is 5.32 Å². The van der Waals surface area contributed by atoms with Crippen molar-refractivity contribution in [3.8, 4) is 11.3 Å². The lowest BCUT2D eigenvalue weighted by molar-refractivity contribution is 0.929. The van der Waals surface area contributed by atoms with Crippen molar-refractivity contribution in [2.24, 2.45) is 0 Å². The van der Waals surface area contributed by atoms with Crippen LogP contribution < -0.4 is 5.32 Å². The Morgan fingerprint density at radius 1 is 1.09 bits per heavy atom. The molecule has 0 amide bonds. The number of fused-ring (bicyclic) bond motifs is 1. The van der Waals surface area contributed by atoms with E-state index in [-0.39, 0.29) is 0 Å². The lowest BCUT2D eigenvalue weighted by Crippen LogP contribution is -2.06. The highest BCUT2D eigenvalue weighted by molar-refractivity contribution is 7.09. The molecular formula is C16H13N5S. The molecule has 0 aliphatic heterocycles. The van der Waals surface area contributed by atoms with Crippen molar-refractivity contribution in [1.29, 1.82) is 0 Å². The first kappa shape index (κ1) is 13.0. The molecule has 3 heterocycles. The summed E-state index contributed by atoms with van der Waals surface area (Å²) in [5.74, 6) is 1.48. The third kappa shape index (κ3) is 2.44. The van der Waals surface area contributed by atoms with Gasteiger partial charge in [-0.05, 0) is 11.4 Å². The molecule has 0 aliphatic carbocycles. The molecule has 22 heavy (non-hydrogen) atoms. The van der Waals surface area contributed by atoms with Gasteiger partial charge in [0, 0.05) is 16.5 Å². The Balaban J connectivity index is 1.74.